The van der Waals surface area contributed by atoms with Crippen LogP contribution in [0.1, 0.15) is 18.4 Å². The number of nitrogens with zero attached hydrogens (tertiary/aromatic N) is 4. The molecule has 1 aromatic rings. The third-order valence-electron chi connectivity index (χ3n) is 3.50. The Bertz CT molecular complexity index is 472. The number of amides is 2. The number of hydrogen-bond acceptors (Lipinski definition) is 3. The predicted octanol–water partition coefficient (Wildman–Crippen LogP) is 2.10. The lowest BCUT2D eigenvalue weighted by atomic mass is 10.2. The van der Waals surface area contributed by atoms with Crippen molar-refractivity contribution in [1.82, 2.24) is 14.8 Å². The quantitative estimate of drug-likeness (QED) is 0.569. The molecule has 1 aliphatic rings. The second kappa shape index (κ2) is 7.78. The maximum atomic E-state index is 12.2. The van der Waals surface area contributed by atoms with Gasteiger partial charge in [-0.15, -0.1) is 0 Å². The van der Waals surface area contributed by atoms with Gasteiger partial charge in [-0.1, -0.05) is 30.3 Å². The van der Waals surface area contributed by atoms with E-state index in [9.17, 15) is 4.79 Å². The summed E-state index contributed by atoms with van der Waals surface area (Å²) in [5, 5.41) is 5.84. The monoisotopic (exact) mass is 288 g/mol. The van der Waals surface area contributed by atoms with Crippen molar-refractivity contribution >= 4 is 12.2 Å². The second-order valence-corrected chi connectivity index (χ2v) is 5.56. The molecule has 21 heavy (non-hydrogen) atoms. The van der Waals surface area contributed by atoms with Crippen LogP contribution in [0.4, 0.5) is 4.79 Å². The minimum Gasteiger partial charge on any atom is -0.321 e. The van der Waals surface area contributed by atoms with Gasteiger partial charge in [-0.2, -0.15) is 5.10 Å². The van der Waals surface area contributed by atoms with Gasteiger partial charge in [-0.05, 0) is 39.0 Å². The van der Waals surface area contributed by atoms with E-state index in [-0.39, 0.29) is 6.03 Å². The summed E-state index contributed by atoms with van der Waals surface area (Å²) in [6.07, 6.45) is 3.90. The summed E-state index contributed by atoms with van der Waals surface area (Å²) in [6, 6.07) is 9.86. The van der Waals surface area contributed by atoms with Crippen molar-refractivity contribution in [1.29, 1.82) is 0 Å². The van der Waals surface area contributed by atoms with Crippen LogP contribution in [-0.2, 0) is 0 Å². The lowest BCUT2D eigenvalue weighted by Gasteiger charge is -2.16. The normalized spacial score (nSPS) is 15.7. The van der Waals surface area contributed by atoms with Crippen LogP contribution in [0, 0.1) is 0 Å². The molecule has 2 rings (SSSR count). The molecule has 1 aliphatic heterocycles. The van der Waals surface area contributed by atoms with Gasteiger partial charge in [0.15, 0.2) is 0 Å². The van der Waals surface area contributed by atoms with Crippen LogP contribution in [0.5, 0.6) is 0 Å². The molecule has 0 aliphatic carbocycles. The molecule has 0 atom stereocenters. The Kier molecular flexibility index (Phi) is 5.75. The Morgan fingerprint density at radius 3 is 2.67 bits per heavy atom. The van der Waals surface area contributed by atoms with Gasteiger partial charge < -0.3 is 9.80 Å². The van der Waals surface area contributed by atoms with Crippen molar-refractivity contribution in [3.63, 3.8) is 0 Å². The molecular formula is C16H24N4O. The smallest absolute Gasteiger partial charge is 0.321 e. The number of urea groups is 1. The van der Waals surface area contributed by atoms with E-state index < -0.39 is 0 Å². The molecule has 1 saturated heterocycles. The number of carbonyl (C=O) groups excluding carboxylic acids is 1. The molecular weight excluding hydrogens is 264 g/mol. The second-order valence-electron chi connectivity index (χ2n) is 5.56. The van der Waals surface area contributed by atoms with E-state index in [2.05, 4.69) is 24.1 Å². The van der Waals surface area contributed by atoms with Crippen molar-refractivity contribution in [3.05, 3.63) is 35.9 Å². The fraction of sp³-hybridized carbons (Fsp3) is 0.500. The van der Waals surface area contributed by atoms with Crippen molar-refractivity contribution in [2.24, 2.45) is 5.10 Å². The van der Waals surface area contributed by atoms with Gasteiger partial charge in [0, 0.05) is 13.1 Å². The van der Waals surface area contributed by atoms with Crippen LogP contribution in [0.3, 0.4) is 0 Å². The number of benzene rings is 1. The van der Waals surface area contributed by atoms with E-state index in [1.807, 2.05) is 35.2 Å². The Labute approximate surface area is 126 Å². The zero-order chi connectivity index (χ0) is 15.1. The summed E-state index contributed by atoms with van der Waals surface area (Å²) in [6.45, 7) is 3.34. The van der Waals surface area contributed by atoms with Crippen LogP contribution in [0.25, 0.3) is 0 Å². The standard InChI is InChI=1S/C16H24N4O/c1-18(2)10-6-7-11-19-12-13-20(16(19)21)17-14-15-8-4-3-5-9-15/h3-5,8-9,14H,6-7,10-13H2,1-2H3. The summed E-state index contributed by atoms with van der Waals surface area (Å²) >= 11 is 0. The van der Waals surface area contributed by atoms with Crippen molar-refractivity contribution < 1.29 is 4.79 Å². The minimum absolute atomic E-state index is 0.0204. The van der Waals surface area contributed by atoms with Gasteiger partial charge in [0.05, 0.1) is 12.8 Å². The first-order valence-electron chi connectivity index (χ1n) is 7.47. The minimum atomic E-state index is 0.0204. The number of hydrazone groups is 1. The third-order valence-corrected chi connectivity index (χ3v) is 3.50. The average Bonchev–Trinajstić information content (AvgIpc) is 2.83. The highest BCUT2D eigenvalue weighted by molar-refractivity contribution is 5.82. The van der Waals surface area contributed by atoms with Crippen molar-refractivity contribution in [2.75, 3.05) is 40.3 Å². The molecule has 0 unspecified atom stereocenters. The van der Waals surface area contributed by atoms with Gasteiger partial charge in [0.2, 0.25) is 0 Å². The molecule has 0 spiro atoms. The van der Waals surface area contributed by atoms with Crippen LogP contribution >= 0.6 is 0 Å². The first-order valence-corrected chi connectivity index (χ1v) is 7.47. The zero-order valence-corrected chi connectivity index (χ0v) is 12.9. The van der Waals surface area contributed by atoms with E-state index >= 15 is 0 Å². The maximum absolute atomic E-state index is 12.2. The molecule has 5 heteroatoms. The largest absolute Gasteiger partial charge is 0.340 e. The highest BCUT2D eigenvalue weighted by Crippen LogP contribution is 2.10. The van der Waals surface area contributed by atoms with Crippen LogP contribution in [0.15, 0.2) is 35.4 Å². The van der Waals surface area contributed by atoms with Gasteiger partial charge >= 0.3 is 6.03 Å². The highest BCUT2D eigenvalue weighted by Gasteiger charge is 2.27. The first kappa shape index (κ1) is 15.5. The van der Waals surface area contributed by atoms with E-state index in [4.69, 9.17) is 0 Å². The molecule has 0 bridgehead atoms. The van der Waals surface area contributed by atoms with Crippen LogP contribution < -0.4 is 0 Å². The van der Waals surface area contributed by atoms with E-state index in [1.54, 1.807) is 11.2 Å². The van der Waals surface area contributed by atoms with E-state index in [0.29, 0.717) is 6.54 Å². The Morgan fingerprint density at radius 1 is 1.19 bits per heavy atom. The molecule has 1 heterocycles. The third kappa shape index (κ3) is 4.86. The van der Waals surface area contributed by atoms with Gasteiger partial charge in [0.1, 0.15) is 0 Å². The number of rotatable bonds is 7. The number of hydrogen-bond donors (Lipinski definition) is 0. The van der Waals surface area contributed by atoms with Crippen LogP contribution in [0.2, 0.25) is 0 Å². The van der Waals surface area contributed by atoms with Gasteiger partial charge in [-0.25, -0.2) is 9.80 Å². The van der Waals surface area contributed by atoms with Crippen LogP contribution in [-0.4, -0.2) is 67.3 Å². The summed E-state index contributed by atoms with van der Waals surface area (Å²) in [4.78, 5) is 16.2. The van der Waals surface area contributed by atoms with Gasteiger partial charge in [0.25, 0.3) is 0 Å². The highest BCUT2D eigenvalue weighted by atomic mass is 16.2. The Hall–Kier alpha value is -1.88. The molecule has 5 nitrogen and oxygen atoms in total. The Balaban J connectivity index is 1.77. The molecule has 1 fully saturated rings. The Morgan fingerprint density at radius 2 is 1.95 bits per heavy atom. The molecule has 0 radical (unpaired) electrons. The number of carbonyl (C=O) groups is 1. The van der Waals surface area contributed by atoms with E-state index in [0.717, 1.165) is 38.0 Å². The molecule has 0 aromatic heterocycles. The lowest BCUT2D eigenvalue weighted by molar-refractivity contribution is 0.192. The molecule has 2 amide bonds. The predicted molar refractivity (Wildman–Crippen MR) is 85.5 cm³/mol. The first-order chi connectivity index (χ1) is 10.2. The number of unbranched alkanes of at least 4 members (excludes halogenated alkanes) is 1. The van der Waals surface area contributed by atoms with E-state index in [1.165, 1.54) is 0 Å². The summed E-state index contributed by atoms with van der Waals surface area (Å²) in [5.74, 6) is 0. The zero-order valence-electron chi connectivity index (χ0n) is 12.9. The SMILES string of the molecule is CN(C)CCCCN1CCN(N=Cc2ccccc2)C1=O. The lowest BCUT2D eigenvalue weighted by Crippen LogP contribution is -2.30. The maximum Gasteiger partial charge on any atom is 0.340 e. The van der Waals surface area contributed by atoms with Gasteiger partial charge in [-0.3, -0.25) is 0 Å². The molecule has 114 valence electrons. The average molecular weight is 288 g/mol. The summed E-state index contributed by atoms with van der Waals surface area (Å²) < 4.78 is 0. The van der Waals surface area contributed by atoms with Crippen molar-refractivity contribution in [3.8, 4) is 0 Å². The summed E-state index contributed by atoms with van der Waals surface area (Å²) in [5.41, 5.74) is 1.01. The summed E-state index contributed by atoms with van der Waals surface area (Å²) in [7, 11) is 4.14. The molecule has 0 N–H and O–H groups in total. The molecule has 0 saturated carbocycles. The fourth-order valence-corrected chi connectivity index (χ4v) is 2.29. The fourth-order valence-electron chi connectivity index (χ4n) is 2.29. The van der Waals surface area contributed by atoms with Crippen molar-refractivity contribution in [2.45, 2.75) is 12.8 Å². The topological polar surface area (TPSA) is 39.1 Å². The molecule has 1 aromatic carbocycles.